The van der Waals surface area contributed by atoms with E-state index in [-0.39, 0.29) is 0 Å². The number of hydrogen-bond donors (Lipinski definition) is 0. The molecule has 0 aliphatic heterocycles. The van der Waals surface area contributed by atoms with Gasteiger partial charge in [0.2, 0.25) is 0 Å². The van der Waals surface area contributed by atoms with E-state index in [0.29, 0.717) is 0 Å². The zero-order chi connectivity index (χ0) is 9.36. The molecule has 0 saturated heterocycles. The van der Waals surface area contributed by atoms with Crippen molar-refractivity contribution >= 4 is 23.0 Å². The summed E-state index contributed by atoms with van der Waals surface area (Å²) in [7, 11) is 0. The third-order valence-corrected chi connectivity index (χ3v) is 2.43. The van der Waals surface area contributed by atoms with E-state index in [1.807, 2.05) is 35.9 Å². The van der Waals surface area contributed by atoms with Gasteiger partial charge in [-0.1, -0.05) is 31.5 Å². The summed E-state index contributed by atoms with van der Waals surface area (Å²) in [6.45, 7) is 2.20. The van der Waals surface area contributed by atoms with E-state index in [9.17, 15) is 0 Å². The van der Waals surface area contributed by atoms with Crippen molar-refractivity contribution in [2.24, 2.45) is 4.99 Å². The van der Waals surface area contributed by atoms with E-state index < -0.39 is 0 Å². The zero-order valence-electron chi connectivity index (χ0n) is 7.94. The monoisotopic (exact) mass is 193 g/mol. The van der Waals surface area contributed by atoms with Crippen molar-refractivity contribution in [3.8, 4) is 0 Å². The van der Waals surface area contributed by atoms with E-state index in [0.717, 1.165) is 5.69 Å². The summed E-state index contributed by atoms with van der Waals surface area (Å²) in [6.07, 6.45) is 2.53. The number of nitrogens with zero attached hydrogens (tertiary/aromatic N) is 1. The van der Waals surface area contributed by atoms with Gasteiger partial charge < -0.3 is 0 Å². The lowest BCUT2D eigenvalue weighted by molar-refractivity contribution is 0.898. The minimum atomic E-state index is 1.03. The average Bonchev–Trinajstić information content (AvgIpc) is 2.19. The molecule has 1 aromatic carbocycles. The molecular weight excluding hydrogens is 178 g/mol. The fourth-order valence-electron chi connectivity index (χ4n) is 0.893. The first-order valence-electron chi connectivity index (χ1n) is 4.62. The molecule has 0 N–H and O–H groups in total. The molecule has 0 aliphatic carbocycles. The van der Waals surface area contributed by atoms with Crippen LogP contribution < -0.4 is 0 Å². The molecule has 0 fully saturated rings. The lowest BCUT2D eigenvalue weighted by Crippen LogP contribution is -1.75. The first-order valence-corrected chi connectivity index (χ1v) is 5.67. The normalized spacial score (nSPS) is 10.8. The minimum absolute atomic E-state index is 1.03. The lowest BCUT2D eigenvalue weighted by Gasteiger charge is -1.92. The van der Waals surface area contributed by atoms with Crippen LogP contribution in [-0.4, -0.2) is 11.3 Å². The largest absolute Gasteiger partial charge is 0.250 e. The van der Waals surface area contributed by atoms with Crippen molar-refractivity contribution in [1.29, 1.82) is 0 Å². The van der Waals surface area contributed by atoms with Crippen LogP contribution in [0.4, 0.5) is 5.69 Å². The summed E-state index contributed by atoms with van der Waals surface area (Å²) in [5.41, 5.74) is 2.97. The third kappa shape index (κ3) is 4.73. The summed E-state index contributed by atoms with van der Waals surface area (Å²) in [5, 5.41) is 0. The lowest BCUT2D eigenvalue weighted by atomic mass is 10.3. The Morgan fingerprint density at radius 1 is 1.31 bits per heavy atom. The predicted octanol–water partition coefficient (Wildman–Crippen LogP) is 3.88. The highest BCUT2D eigenvalue weighted by molar-refractivity contribution is 8.12. The Balaban J connectivity index is 2.25. The Morgan fingerprint density at radius 2 is 2.08 bits per heavy atom. The van der Waals surface area contributed by atoms with Crippen LogP contribution in [0.25, 0.3) is 0 Å². The molecule has 0 radical (unpaired) electrons. The Bertz CT molecular complexity index is 244. The third-order valence-electron chi connectivity index (χ3n) is 1.65. The van der Waals surface area contributed by atoms with Gasteiger partial charge in [-0.25, -0.2) is 0 Å². The highest BCUT2D eigenvalue weighted by atomic mass is 32.2. The Morgan fingerprint density at radius 3 is 2.77 bits per heavy atom. The van der Waals surface area contributed by atoms with Gasteiger partial charge in [0.1, 0.15) is 0 Å². The van der Waals surface area contributed by atoms with Gasteiger partial charge in [0.05, 0.1) is 11.2 Å². The van der Waals surface area contributed by atoms with Crippen molar-refractivity contribution in [2.45, 2.75) is 19.8 Å². The summed E-state index contributed by atoms with van der Waals surface area (Å²) < 4.78 is 0. The molecule has 0 spiro atoms. The molecule has 1 rings (SSSR count). The summed E-state index contributed by atoms with van der Waals surface area (Å²) in [6, 6.07) is 10.0. The molecule has 0 bridgehead atoms. The standard InChI is InChI=1S/C11H15NS/c1-2-3-9-13-10-12-11-7-5-4-6-8-11/h4-8,10H,2-3,9H2,1H3. The summed E-state index contributed by atoms with van der Waals surface area (Å²) in [4.78, 5) is 4.32. The molecule has 1 nitrogen and oxygen atoms in total. The molecule has 13 heavy (non-hydrogen) atoms. The predicted molar refractivity (Wildman–Crippen MR) is 62.0 cm³/mol. The van der Waals surface area contributed by atoms with Gasteiger partial charge in [-0.15, -0.1) is 11.8 Å². The van der Waals surface area contributed by atoms with Crippen LogP contribution in [0.5, 0.6) is 0 Å². The second-order valence-electron chi connectivity index (χ2n) is 2.79. The topological polar surface area (TPSA) is 12.4 Å². The number of benzene rings is 1. The molecule has 70 valence electrons. The van der Waals surface area contributed by atoms with Gasteiger partial charge in [0.15, 0.2) is 0 Å². The van der Waals surface area contributed by atoms with Gasteiger partial charge in [0, 0.05) is 0 Å². The SMILES string of the molecule is CCCCSC=Nc1ccccc1. The number of thioether (sulfide) groups is 1. The zero-order valence-corrected chi connectivity index (χ0v) is 8.76. The molecule has 0 aromatic heterocycles. The molecule has 0 unspecified atom stereocenters. The Hall–Kier alpha value is -0.760. The van der Waals surface area contributed by atoms with Crippen LogP contribution >= 0.6 is 11.8 Å². The molecule has 0 atom stereocenters. The summed E-state index contributed by atoms with van der Waals surface area (Å²) in [5.74, 6) is 1.17. The van der Waals surface area contributed by atoms with Crippen molar-refractivity contribution < 1.29 is 0 Å². The quantitative estimate of drug-likeness (QED) is 0.393. The molecule has 0 amide bonds. The molecular formula is C11H15NS. The van der Waals surface area contributed by atoms with Crippen molar-refractivity contribution in [3.05, 3.63) is 30.3 Å². The van der Waals surface area contributed by atoms with Crippen LogP contribution in [0.1, 0.15) is 19.8 Å². The Kier molecular flexibility index (Phi) is 5.34. The molecule has 0 saturated carbocycles. The minimum Gasteiger partial charge on any atom is -0.250 e. The van der Waals surface area contributed by atoms with E-state index in [1.54, 1.807) is 11.8 Å². The van der Waals surface area contributed by atoms with E-state index >= 15 is 0 Å². The van der Waals surface area contributed by atoms with E-state index in [1.165, 1.54) is 18.6 Å². The van der Waals surface area contributed by atoms with Crippen molar-refractivity contribution in [1.82, 2.24) is 0 Å². The van der Waals surface area contributed by atoms with Gasteiger partial charge in [0.25, 0.3) is 0 Å². The number of aliphatic imine (C=N–C) groups is 1. The maximum absolute atomic E-state index is 4.32. The number of para-hydroxylation sites is 1. The van der Waals surface area contributed by atoms with Crippen LogP contribution in [0.15, 0.2) is 35.3 Å². The van der Waals surface area contributed by atoms with Crippen LogP contribution in [0.3, 0.4) is 0 Å². The first kappa shape index (κ1) is 10.3. The van der Waals surface area contributed by atoms with Crippen LogP contribution in [-0.2, 0) is 0 Å². The van der Waals surface area contributed by atoms with Crippen molar-refractivity contribution in [2.75, 3.05) is 5.75 Å². The van der Waals surface area contributed by atoms with Crippen LogP contribution in [0, 0.1) is 0 Å². The van der Waals surface area contributed by atoms with Crippen molar-refractivity contribution in [3.63, 3.8) is 0 Å². The Labute approximate surface area is 84.3 Å². The molecule has 2 heteroatoms. The fraction of sp³-hybridized carbons (Fsp3) is 0.364. The van der Waals surface area contributed by atoms with E-state index in [4.69, 9.17) is 0 Å². The summed E-state index contributed by atoms with van der Waals surface area (Å²) >= 11 is 1.78. The number of unbranched alkanes of at least 4 members (excludes halogenated alkanes) is 1. The number of hydrogen-bond acceptors (Lipinski definition) is 2. The molecule has 0 aliphatic rings. The van der Waals surface area contributed by atoms with Gasteiger partial charge in [-0.2, -0.15) is 0 Å². The van der Waals surface area contributed by atoms with Crippen LogP contribution in [0.2, 0.25) is 0 Å². The van der Waals surface area contributed by atoms with E-state index in [2.05, 4.69) is 11.9 Å². The maximum Gasteiger partial charge on any atom is 0.0635 e. The second kappa shape index (κ2) is 6.72. The van der Waals surface area contributed by atoms with Gasteiger partial charge in [-0.05, 0) is 24.3 Å². The highest BCUT2D eigenvalue weighted by Gasteiger charge is 1.84. The highest BCUT2D eigenvalue weighted by Crippen LogP contribution is 2.10. The average molecular weight is 193 g/mol. The number of rotatable bonds is 5. The van der Waals surface area contributed by atoms with Gasteiger partial charge >= 0.3 is 0 Å². The first-order chi connectivity index (χ1) is 6.43. The maximum atomic E-state index is 4.32. The smallest absolute Gasteiger partial charge is 0.0635 e. The fourth-order valence-corrected chi connectivity index (χ4v) is 1.65. The van der Waals surface area contributed by atoms with Gasteiger partial charge in [-0.3, -0.25) is 4.99 Å². The second-order valence-corrected chi connectivity index (χ2v) is 3.75. The molecule has 1 aromatic rings. The molecule has 0 heterocycles.